The molecule has 2 rings (SSSR count). The minimum atomic E-state index is 0.649. The van der Waals surface area contributed by atoms with Crippen LogP contribution < -0.4 is 5.32 Å². The summed E-state index contributed by atoms with van der Waals surface area (Å²) >= 11 is 0. The molecular weight excluding hydrogens is 182 g/mol. The van der Waals surface area contributed by atoms with Crippen molar-refractivity contribution < 1.29 is 0 Å². The highest BCUT2D eigenvalue weighted by molar-refractivity contribution is 4.92. The molecule has 1 N–H and O–H groups in total. The molecule has 88 valence electrons. The highest BCUT2D eigenvalue weighted by Crippen LogP contribution is 2.48. The molecule has 0 aromatic rings. The quantitative estimate of drug-likeness (QED) is 0.748. The maximum atomic E-state index is 3.59. The Morgan fingerprint density at radius 2 is 2.07 bits per heavy atom. The fraction of sp³-hybridized carbons (Fsp3) is 1.00. The number of piperidine rings is 1. The van der Waals surface area contributed by atoms with Gasteiger partial charge in [0.2, 0.25) is 0 Å². The molecule has 0 spiro atoms. The number of nitrogens with one attached hydrogen (secondary N) is 1. The predicted octanol–water partition coefficient (Wildman–Crippen LogP) is 3.45. The smallest absolute Gasteiger partial charge is 0.00152 e. The van der Waals surface area contributed by atoms with Gasteiger partial charge in [-0.15, -0.1) is 0 Å². The Morgan fingerprint density at radius 3 is 2.67 bits per heavy atom. The molecule has 1 saturated carbocycles. The third-order valence-corrected chi connectivity index (χ3v) is 4.46. The Kier molecular flexibility index (Phi) is 3.39. The summed E-state index contributed by atoms with van der Waals surface area (Å²) in [5.41, 5.74) is 0.649. The molecule has 1 heteroatoms. The Balaban J connectivity index is 1.96. The summed E-state index contributed by atoms with van der Waals surface area (Å²) in [6.07, 6.45) is 7.35. The van der Waals surface area contributed by atoms with Crippen molar-refractivity contribution in [3.05, 3.63) is 0 Å². The van der Waals surface area contributed by atoms with Crippen LogP contribution in [0.3, 0.4) is 0 Å². The van der Waals surface area contributed by atoms with E-state index in [9.17, 15) is 0 Å². The summed E-state index contributed by atoms with van der Waals surface area (Å²) in [6.45, 7) is 9.80. The first-order valence-corrected chi connectivity index (χ1v) is 6.81. The normalized spacial score (nSPS) is 37.2. The molecule has 1 saturated heterocycles. The Bertz CT molecular complexity index is 207. The summed E-state index contributed by atoms with van der Waals surface area (Å²) in [4.78, 5) is 0. The molecule has 0 aromatic carbocycles. The molecule has 1 nitrogen and oxygen atoms in total. The average molecular weight is 209 g/mol. The lowest BCUT2D eigenvalue weighted by molar-refractivity contribution is 0.0923. The molecule has 0 amide bonds. The topological polar surface area (TPSA) is 12.0 Å². The largest absolute Gasteiger partial charge is 0.316 e. The van der Waals surface area contributed by atoms with Gasteiger partial charge in [0, 0.05) is 0 Å². The van der Waals surface area contributed by atoms with Crippen molar-refractivity contribution in [2.45, 2.75) is 52.9 Å². The second-order valence-electron chi connectivity index (χ2n) is 6.58. The lowest BCUT2D eigenvalue weighted by atomic mass is 9.66. The lowest BCUT2D eigenvalue weighted by Gasteiger charge is -2.43. The molecule has 2 fully saturated rings. The van der Waals surface area contributed by atoms with Gasteiger partial charge in [0.1, 0.15) is 0 Å². The van der Waals surface area contributed by atoms with Crippen LogP contribution in [0.5, 0.6) is 0 Å². The van der Waals surface area contributed by atoms with Crippen LogP contribution in [-0.4, -0.2) is 13.1 Å². The molecular formula is C14H27N. The molecule has 0 bridgehead atoms. The monoisotopic (exact) mass is 209 g/mol. The molecule has 1 heterocycles. The number of hydrogen-bond donors (Lipinski definition) is 1. The second kappa shape index (κ2) is 4.45. The van der Waals surface area contributed by atoms with Crippen molar-refractivity contribution in [2.24, 2.45) is 23.2 Å². The van der Waals surface area contributed by atoms with E-state index in [0.717, 1.165) is 17.8 Å². The van der Waals surface area contributed by atoms with Crippen molar-refractivity contribution in [3.8, 4) is 0 Å². The van der Waals surface area contributed by atoms with Crippen molar-refractivity contribution in [2.75, 3.05) is 13.1 Å². The van der Waals surface area contributed by atoms with E-state index < -0.39 is 0 Å². The highest BCUT2D eigenvalue weighted by atomic mass is 14.9. The van der Waals surface area contributed by atoms with E-state index in [0.29, 0.717) is 5.41 Å². The number of rotatable bonds is 4. The zero-order valence-corrected chi connectivity index (χ0v) is 10.7. The van der Waals surface area contributed by atoms with Crippen LogP contribution in [0.25, 0.3) is 0 Å². The molecule has 15 heavy (non-hydrogen) atoms. The lowest BCUT2D eigenvalue weighted by Crippen LogP contribution is -2.44. The molecule has 0 radical (unpaired) electrons. The van der Waals surface area contributed by atoms with Crippen molar-refractivity contribution >= 4 is 0 Å². The van der Waals surface area contributed by atoms with E-state index in [2.05, 4.69) is 26.1 Å². The van der Waals surface area contributed by atoms with E-state index in [-0.39, 0.29) is 0 Å². The van der Waals surface area contributed by atoms with E-state index in [1.54, 1.807) is 0 Å². The van der Waals surface area contributed by atoms with E-state index in [1.165, 1.54) is 45.2 Å². The zero-order valence-electron chi connectivity index (χ0n) is 10.7. The molecule has 2 aliphatic rings. The van der Waals surface area contributed by atoms with Crippen LogP contribution in [0.1, 0.15) is 52.9 Å². The van der Waals surface area contributed by atoms with Crippen molar-refractivity contribution in [3.63, 3.8) is 0 Å². The zero-order chi connectivity index (χ0) is 10.9. The van der Waals surface area contributed by atoms with Gasteiger partial charge >= 0.3 is 0 Å². The van der Waals surface area contributed by atoms with Crippen LogP contribution >= 0.6 is 0 Å². The van der Waals surface area contributed by atoms with Crippen molar-refractivity contribution in [1.82, 2.24) is 5.32 Å². The van der Waals surface area contributed by atoms with E-state index in [1.807, 2.05) is 0 Å². The molecule has 0 aromatic heterocycles. The summed E-state index contributed by atoms with van der Waals surface area (Å²) in [5.74, 6) is 2.86. The van der Waals surface area contributed by atoms with Crippen LogP contribution in [-0.2, 0) is 0 Å². The molecule has 2 unspecified atom stereocenters. The maximum Gasteiger partial charge on any atom is -0.00152 e. The first kappa shape index (κ1) is 11.4. The maximum absolute atomic E-state index is 3.59. The summed E-state index contributed by atoms with van der Waals surface area (Å²) in [7, 11) is 0. The SMILES string of the molecule is CC(C)CC1CNCCC1(C)CC1CC1. The standard InChI is InChI=1S/C14H27N/c1-11(2)8-13-10-15-7-6-14(13,3)9-12-4-5-12/h11-13,15H,4-10H2,1-3H3. The highest BCUT2D eigenvalue weighted by Gasteiger charge is 2.40. The van der Waals surface area contributed by atoms with Crippen LogP contribution in [0.15, 0.2) is 0 Å². The van der Waals surface area contributed by atoms with Gasteiger partial charge in [0.15, 0.2) is 0 Å². The van der Waals surface area contributed by atoms with Gasteiger partial charge in [-0.25, -0.2) is 0 Å². The minimum absolute atomic E-state index is 0.649. The van der Waals surface area contributed by atoms with Gasteiger partial charge < -0.3 is 5.32 Å². The van der Waals surface area contributed by atoms with Crippen LogP contribution in [0.2, 0.25) is 0 Å². The third-order valence-electron chi connectivity index (χ3n) is 4.46. The predicted molar refractivity (Wildman–Crippen MR) is 65.9 cm³/mol. The first-order chi connectivity index (χ1) is 7.10. The van der Waals surface area contributed by atoms with Gasteiger partial charge in [0.05, 0.1) is 0 Å². The van der Waals surface area contributed by atoms with Gasteiger partial charge in [-0.05, 0) is 55.5 Å². The minimum Gasteiger partial charge on any atom is -0.316 e. The van der Waals surface area contributed by atoms with Gasteiger partial charge in [-0.2, -0.15) is 0 Å². The fourth-order valence-electron chi connectivity index (χ4n) is 3.29. The van der Waals surface area contributed by atoms with Gasteiger partial charge in [0.25, 0.3) is 0 Å². The fourth-order valence-corrected chi connectivity index (χ4v) is 3.29. The van der Waals surface area contributed by atoms with E-state index in [4.69, 9.17) is 0 Å². The second-order valence-corrected chi connectivity index (χ2v) is 6.58. The van der Waals surface area contributed by atoms with Gasteiger partial charge in [-0.1, -0.05) is 33.6 Å². The molecule has 2 atom stereocenters. The number of hydrogen-bond acceptors (Lipinski definition) is 1. The molecule has 1 aliphatic heterocycles. The van der Waals surface area contributed by atoms with Crippen LogP contribution in [0.4, 0.5) is 0 Å². The van der Waals surface area contributed by atoms with Crippen molar-refractivity contribution in [1.29, 1.82) is 0 Å². The Labute approximate surface area is 95.0 Å². The molecule has 1 aliphatic carbocycles. The Hall–Kier alpha value is -0.0400. The summed E-state index contributed by atoms with van der Waals surface area (Å²) in [5, 5.41) is 3.59. The van der Waals surface area contributed by atoms with Crippen LogP contribution in [0, 0.1) is 23.2 Å². The third kappa shape index (κ3) is 2.96. The Morgan fingerprint density at radius 1 is 1.33 bits per heavy atom. The average Bonchev–Trinajstić information content (AvgIpc) is 2.92. The summed E-state index contributed by atoms with van der Waals surface area (Å²) < 4.78 is 0. The van der Waals surface area contributed by atoms with E-state index >= 15 is 0 Å². The summed E-state index contributed by atoms with van der Waals surface area (Å²) in [6, 6.07) is 0. The first-order valence-electron chi connectivity index (χ1n) is 6.81. The van der Waals surface area contributed by atoms with Gasteiger partial charge in [-0.3, -0.25) is 0 Å².